The van der Waals surface area contributed by atoms with Gasteiger partial charge >= 0.3 is 0 Å². The number of aromatic nitrogens is 4. The van der Waals surface area contributed by atoms with Crippen LogP contribution in [0.2, 0.25) is 0 Å². The highest BCUT2D eigenvalue weighted by Gasteiger charge is 2.15. The number of ether oxygens (including phenoxy) is 1. The van der Waals surface area contributed by atoms with Gasteiger partial charge in [-0.15, -0.1) is 5.10 Å². The fourth-order valence-corrected chi connectivity index (χ4v) is 3.00. The van der Waals surface area contributed by atoms with E-state index in [1.165, 1.54) is 0 Å². The van der Waals surface area contributed by atoms with E-state index in [1.807, 2.05) is 30.3 Å². The van der Waals surface area contributed by atoms with E-state index in [9.17, 15) is 4.79 Å². The van der Waals surface area contributed by atoms with Crippen LogP contribution >= 0.6 is 0 Å². The molecule has 4 rings (SSSR count). The van der Waals surface area contributed by atoms with Crippen LogP contribution in [0.5, 0.6) is 0 Å². The summed E-state index contributed by atoms with van der Waals surface area (Å²) in [5, 5.41) is 8.92. The van der Waals surface area contributed by atoms with E-state index in [-0.39, 0.29) is 5.78 Å². The largest absolute Gasteiger partial charge is 0.379 e. The molecule has 3 aromatic rings. The molecule has 1 aliphatic heterocycles. The topological polar surface area (TPSA) is 81.1 Å². The van der Waals surface area contributed by atoms with E-state index in [0.29, 0.717) is 26.2 Å². The molecule has 132 valence electrons. The number of morpholine rings is 1. The first-order valence-electron chi connectivity index (χ1n) is 8.63. The lowest BCUT2D eigenvalue weighted by molar-refractivity contribution is -0.120. The maximum atomic E-state index is 12.3. The Labute approximate surface area is 151 Å². The van der Waals surface area contributed by atoms with Crippen LogP contribution in [-0.4, -0.2) is 63.7 Å². The van der Waals surface area contributed by atoms with Gasteiger partial charge in [-0.25, -0.2) is 4.98 Å². The number of hydrogen-bond donors (Lipinski definition) is 0. The number of nitrogens with zero attached hydrogens (tertiary/aromatic N) is 5. The molecule has 4 heterocycles. The minimum Gasteiger partial charge on any atom is -0.379 e. The van der Waals surface area contributed by atoms with Gasteiger partial charge in [0.2, 0.25) is 0 Å². The SMILES string of the molecule is O=C(Cc1cc2nc(-c3cccnn3)ccc2cn1)CN1CCOCC1. The fraction of sp³-hybridized carbons (Fsp3) is 0.316. The molecule has 1 fully saturated rings. The van der Waals surface area contributed by atoms with Gasteiger partial charge in [-0.05, 0) is 30.3 Å². The monoisotopic (exact) mass is 349 g/mol. The zero-order valence-electron chi connectivity index (χ0n) is 14.3. The Morgan fingerprint density at radius 2 is 2.04 bits per heavy atom. The maximum Gasteiger partial charge on any atom is 0.152 e. The van der Waals surface area contributed by atoms with E-state index in [2.05, 4.69) is 25.1 Å². The standard InChI is InChI=1S/C19H19N5O2/c25-16(13-24-6-8-26-9-7-24)10-15-11-19-14(12-20-15)3-4-17(22-19)18-2-1-5-21-23-18/h1-5,11-12H,6-10,13H2. The van der Waals surface area contributed by atoms with Crippen LogP contribution in [0.1, 0.15) is 5.69 Å². The minimum absolute atomic E-state index is 0.156. The van der Waals surface area contributed by atoms with Crippen LogP contribution in [0.4, 0.5) is 0 Å². The number of ketones is 1. The van der Waals surface area contributed by atoms with E-state index in [4.69, 9.17) is 4.74 Å². The third-order valence-corrected chi connectivity index (χ3v) is 4.35. The Morgan fingerprint density at radius 1 is 1.15 bits per heavy atom. The second-order valence-electron chi connectivity index (χ2n) is 6.28. The summed E-state index contributed by atoms with van der Waals surface area (Å²) < 4.78 is 5.31. The molecule has 3 aromatic heterocycles. The molecule has 1 aliphatic rings. The molecular weight excluding hydrogens is 330 g/mol. The van der Waals surface area contributed by atoms with E-state index in [0.717, 1.165) is 41.1 Å². The van der Waals surface area contributed by atoms with Crippen molar-refractivity contribution in [3.05, 3.63) is 48.4 Å². The van der Waals surface area contributed by atoms with Crippen molar-refractivity contribution in [1.29, 1.82) is 0 Å². The Bertz CT molecular complexity index is 910. The van der Waals surface area contributed by atoms with Crippen molar-refractivity contribution in [2.45, 2.75) is 6.42 Å². The van der Waals surface area contributed by atoms with Crippen LogP contribution in [0.3, 0.4) is 0 Å². The number of Topliss-reactive ketones (excluding diaryl/α,β-unsaturated/α-hetero) is 1. The lowest BCUT2D eigenvalue weighted by Gasteiger charge is -2.25. The van der Waals surface area contributed by atoms with Gasteiger partial charge in [-0.2, -0.15) is 5.10 Å². The summed E-state index contributed by atoms with van der Waals surface area (Å²) in [6.45, 7) is 3.43. The summed E-state index contributed by atoms with van der Waals surface area (Å²) >= 11 is 0. The molecule has 0 amide bonds. The van der Waals surface area contributed by atoms with Crippen molar-refractivity contribution in [2.24, 2.45) is 0 Å². The van der Waals surface area contributed by atoms with Gasteiger partial charge in [-0.1, -0.05) is 0 Å². The molecule has 1 saturated heterocycles. The van der Waals surface area contributed by atoms with Gasteiger partial charge in [0.25, 0.3) is 0 Å². The number of carbonyl (C=O) groups is 1. The lowest BCUT2D eigenvalue weighted by atomic mass is 10.1. The summed E-state index contributed by atoms with van der Waals surface area (Å²) in [5.41, 5.74) is 3.01. The van der Waals surface area contributed by atoms with Crippen molar-refractivity contribution in [3.63, 3.8) is 0 Å². The van der Waals surface area contributed by atoms with Gasteiger partial charge in [0.1, 0.15) is 5.69 Å². The van der Waals surface area contributed by atoms with Crippen LogP contribution in [0.15, 0.2) is 42.7 Å². The fourth-order valence-electron chi connectivity index (χ4n) is 3.00. The molecule has 0 spiro atoms. The first-order chi connectivity index (χ1) is 12.8. The summed E-state index contributed by atoms with van der Waals surface area (Å²) in [4.78, 5) is 23.5. The Morgan fingerprint density at radius 3 is 2.85 bits per heavy atom. The molecule has 0 atom stereocenters. The quantitative estimate of drug-likeness (QED) is 0.691. The average Bonchev–Trinajstić information content (AvgIpc) is 2.69. The lowest BCUT2D eigenvalue weighted by Crippen LogP contribution is -2.39. The van der Waals surface area contributed by atoms with Crippen molar-refractivity contribution >= 4 is 16.7 Å². The van der Waals surface area contributed by atoms with Gasteiger partial charge in [0.05, 0.1) is 37.4 Å². The van der Waals surface area contributed by atoms with Gasteiger partial charge in [0, 0.05) is 36.6 Å². The summed E-state index contributed by atoms with van der Waals surface area (Å²) in [5.74, 6) is 0.156. The normalized spacial score (nSPS) is 15.2. The van der Waals surface area contributed by atoms with E-state index in [1.54, 1.807) is 12.4 Å². The zero-order chi connectivity index (χ0) is 17.8. The molecule has 0 aliphatic carbocycles. The van der Waals surface area contributed by atoms with E-state index >= 15 is 0 Å². The van der Waals surface area contributed by atoms with Crippen LogP contribution in [-0.2, 0) is 16.0 Å². The highest BCUT2D eigenvalue weighted by molar-refractivity contribution is 5.85. The Kier molecular flexibility index (Phi) is 4.90. The molecule has 26 heavy (non-hydrogen) atoms. The first-order valence-corrected chi connectivity index (χ1v) is 8.63. The smallest absolute Gasteiger partial charge is 0.152 e. The Balaban J connectivity index is 1.51. The number of fused-ring (bicyclic) bond motifs is 1. The molecule has 0 aromatic carbocycles. The van der Waals surface area contributed by atoms with Crippen molar-refractivity contribution in [3.8, 4) is 11.4 Å². The van der Waals surface area contributed by atoms with Crippen LogP contribution in [0.25, 0.3) is 22.3 Å². The molecule has 0 unspecified atom stereocenters. The third-order valence-electron chi connectivity index (χ3n) is 4.35. The summed E-state index contributed by atoms with van der Waals surface area (Å²) in [6, 6.07) is 9.44. The third kappa shape index (κ3) is 3.89. The summed E-state index contributed by atoms with van der Waals surface area (Å²) in [7, 11) is 0. The molecule has 7 nitrogen and oxygen atoms in total. The van der Waals surface area contributed by atoms with Crippen LogP contribution in [0, 0.1) is 0 Å². The van der Waals surface area contributed by atoms with E-state index < -0.39 is 0 Å². The molecule has 7 heteroatoms. The average molecular weight is 349 g/mol. The van der Waals surface area contributed by atoms with Crippen molar-refractivity contribution in [2.75, 3.05) is 32.8 Å². The predicted molar refractivity (Wildman–Crippen MR) is 96.5 cm³/mol. The maximum absolute atomic E-state index is 12.3. The van der Waals surface area contributed by atoms with Gasteiger partial charge < -0.3 is 4.74 Å². The first kappa shape index (κ1) is 16.7. The minimum atomic E-state index is 0.156. The molecule has 0 bridgehead atoms. The number of carbonyl (C=O) groups excluding carboxylic acids is 1. The number of pyridine rings is 2. The number of rotatable bonds is 5. The molecule has 0 radical (unpaired) electrons. The Hall–Kier alpha value is -2.77. The number of hydrogen-bond acceptors (Lipinski definition) is 7. The zero-order valence-corrected chi connectivity index (χ0v) is 14.3. The van der Waals surface area contributed by atoms with Crippen molar-refractivity contribution < 1.29 is 9.53 Å². The highest BCUT2D eigenvalue weighted by atomic mass is 16.5. The second-order valence-corrected chi connectivity index (χ2v) is 6.28. The predicted octanol–water partition coefficient (Wildman–Crippen LogP) is 1.53. The second kappa shape index (κ2) is 7.63. The van der Waals surface area contributed by atoms with Crippen LogP contribution < -0.4 is 0 Å². The molecule has 0 saturated carbocycles. The van der Waals surface area contributed by atoms with Gasteiger partial charge in [-0.3, -0.25) is 14.7 Å². The molecular formula is C19H19N5O2. The highest BCUT2D eigenvalue weighted by Crippen LogP contribution is 2.19. The van der Waals surface area contributed by atoms with Crippen molar-refractivity contribution in [1.82, 2.24) is 25.1 Å². The molecule has 0 N–H and O–H groups in total. The summed E-state index contributed by atoms with van der Waals surface area (Å²) in [6.07, 6.45) is 3.71. The van der Waals surface area contributed by atoms with Gasteiger partial charge in [0.15, 0.2) is 5.78 Å².